The van der Waals surface area contributed by atoms with E-state index in [-0.39, 0.29) is 5.82 Å². The van der Waals surface area contributed by atoms with E-state index in [4.69, 9.17) is 0 Å². The third-order valence-electron chi connectivity index (χ3n) is 3.81. The minimum atomic E-state index is -0.166. The zero-order chi connectivity index (χ0) is 14.5. The third-order valence-corrected chi connectivity index (χ3v) is 3.81. The summed E-state index contributed by atoms with van der Waals surface area (Å²) < 4.78 is 14.0. The van der Waals surface area contributed by atoms with Gasteiger partial charge < -0.3 is 5.32 Å². The number of hydrogen-bond acceptors (Lipinski definition) is 1. The molecule has 106 valence electrons. The highest BCUT2D eigenvalue weighted by molar-refractivity contribution is 5.65. The van der Waals surface area contributed by atoms with Gasteiger partial charge in [0.05, 0.1) is 0 Å². The standard InChI is InChI=1S/C18H22FN/c1-4-13(2)15-6-8-16(9-7-15)17-11-14(12-20-3)5-10-18(17)19/h5-11,13,20H,4,12H2,1-3H3. The molecular weight excluding hydrogens is 249 g/mol. The Balaban J connectivity index is 2.33. The zero-order valence-electron chi connectivity index (χ0n) is 12.4. The van der Waals surface area contributed by atoms with Crippen LogP contribution in [0.4, 0.5) is 4.39 Å². The predicted molar refractivity (Wildman–Crippen MR) is 83.3 cm³/mol. The molecule has 20 heavy (non-hydrogen) atoms. The number of benzene rings is 2. The molecule has 0 aliphatic carbocycles. The van der Waals surface area contributed by atoms with Crippen molar-refractivity contribution in [1.82, 2.24) is 5.32 Å². The summed E-state index contributed by atoms with van der Waals surface area (Å²) in [7, 11) is 1.89. The van der Waals surface area contributed by atoms with E-state index in [2.05, 4.69) is 31.3 Å². The lowest BCUT2D eigenvalue weighted by Gasteiger charge is -2.11. The number of halogens is 1. The van der Waals surface area contributed by atoms with E-state index in [1.807, 2.05) is 31.3 Å². The van der Waals surface area contributed by atoms with Gasteiger partial charge in [0.15, 0.2) is 0 Å². The van der Waals surface area contributed by atoms with E-state index in [1.165, 1.54) is 5.56 Å². The van der Waals surface area contributed by atoms with Crippen LogP contribution in [0.2, 0.25) is 0 Å². The van der Waals surface area contributed by atoms with Crippen molar-refractivity contribution in [2.75, 3.05) is 7.05 Å². The molecule has 2 rings (SSSR count). The molecule has 0 fully saturated rings. The van der Waals surface area contributed by atoms with Crippen molar-refractivity contribution in [2.24, 2.45) is 0 Å². The van der Waals surface area contributed by atoms with Crippen LogP contribution in [0.5, 0.6) is 0 Å². The summed E-state index contributed by atoms with van der Waals surface area (Å²) in [5.41, 5.74) is 4.01. The van der Waals surface area contributed by atoms with E-state index >= 15 is 0 Å². The van der Waals surface area contributed by atoms with Crippen molar-refractivity contribution < 1.29 is 4.39 Å². The van der Waals surface area contributed by atoms with Gasteiger partial charge in [0.25, 0.3) is 0 Å². The first kappa shape index (κ1) is 14.7. The third kappa shape index (κ3) is 3.26. The van der Waals surface area contributed by atoms with Crippen LogP contribution >= 0.6 is 0 Å². The Morgan fingerprint density at radius 3 is 2.40 bits per heavy atom. The first-order valence-electron chi connectivity index (χ1n) is 7.19. The Kier molecular flexibility index (Phi) is 4.91. The number of nitrogens with one attached hydrogen (secondary N) is 1. The van der Waals surface area contributed by atoms with Crippen molar-refractivity contribution in [3.05, 3.63) is 59.4 Å². The van der Waals surface area contributed by atoms with Gasteiger partial charge >= 0.3 is 0 Å². The molecule has 0 saturated heterocycles. The van der Waals surface area contributed by atoms with Crippen LogP contribution in [0.1, 0.15) is 37.3 Å². The van der Waals surface area contributed by atoms with Gasteiger partial charge in [-0.2, -0.15) is 0 Å². The molecule has 1 N–H and O–H groups in total. The maximum absolute atomic E-state index is 14.0. The lowest BCUT2D eigenvalue weighted by Crippen LogP contribution is -2.05. The highest BCUT2D eigenvalue weighted by Gasteiger charge is 2.08. The highest BCUT2D eigenvalue weighted by Crippen LogP contribution is 2.27. The highest BCUT2D eigenvalue weighted by atomic mass is 19.1. The molecule has 0 bridgehead atoms. The van der Waals surface area contributed by atoms with Gasteiger partial charge in [-0.25, -0.2) is 4.39 Å². The normalized spacial score (nSPS) is 12.4. The SMILES string of the molecule is CCC(C)c1ccc(-c2cc(CNC)ccc2F)cc1. The lowest BCUT2D eigenvalue weighted by molar-refractivity contribution is 0.630. The van der Waals surface area contributed by atoms with Crippen molar-refractivity contribution in [3.8, 4) is 11.1 Å². The first-order chi connectivity index (χ1) is 9.65. The maximum atomic E-state index is 14.0. The maximum Gasteiger partial charge on any atom is 0.131 e. The van der Waals surface area contributed by atoms with Crippen LogP contribution in [0.25, 0.3) is 11.1 Å². The molecule has 0 radical (unpaired) electrons. The van der Waals surface area contributed by atoms with Crippen LogP contribution in [0.15, 0.2) is 42.5 Å². The topological polar surface area (TPSA) is 12.0 Å². The Hall–Kier alpha value is -1.67. The molecule has 2 aromatic rings. The second-order valence-corrected chi connectivity index (χ2v) is 5.28. The lowest BCUT2D eigenvalue weighted by atomic mass is 9.95. The Bertz CT molecular complexity index is 560. The van der Waals surface area contributed by atoms with E-state index < -0.39 is 0 Å². The Morgan fingerprint density at radius 2 is 1.80 bits per heavy atom. The average molecular weight is 271 g/mol. The molecule has 2 heteroatoms. The molecule has 0 aliphatic heterocycles. The fourth-order valence-electron chi connectivity index (χ4n) is 2.33. The van der Waals surface area contributed by atoms with Crippen LogP contribution in [0, 0.1) is 5.82 Å². The summed E-state index contributed by atoms with van der Waals surface area (Å²) >= 11 is 0. The van der Waals surface area contributed by atoms with Crippen molar-refractivity contribution in [3.63, 3.8) is 0 Å². The van der Waals surface area contributed by atoms with Crippen LogP contribution in [-0.4, -0.2) is 7.05 Å². The summed E-state index contributed by atoms with van der Waals surface area (Å²) in [4.78, 5) is 0. The smallest absolute Gasteiger partial charge is 0.131 e. The zero-order valence-corrected chi connectivity index (χ0v) is 12.4. The van der Waals surface area contributed by atoms with Crippen LogP contribution in [-0.2, 0) is 6.54 Å². The molecule has 1 nitrogen and oxygen atoms in total. The molecule has 1 unspecified atom stereocenters. The van der Waals surface area contributed by atoms with Crippen LogP contribution < -0.4 is 5.32 Å². The van der Waals surface area contributed by atoms with Gasteiger partial charge in [0.1, 0.15) is 5.82 Å². The molecule has 0 saturated carbocycles. The van der Waals surface area contributed by atoms with E-state index in [0.717, 1.165) is 24.1 Å². The monoisotopic (exact) mass is 271 g/mol. The molecule has 0 spiro atoms. The molecular formula is C18H22FN. The molecule has 2 aromatic carbocycles. The van der Waals surface area contributed by atoms with Gasteiger partial charge in [-0.15, -0.1) is 0 Å². The van der Waals surface area contributed by atoms with Crippen molar-refractivity contribution in [1.29, 1.82) is 0 Å². The summed E-state index contributed by atoms with van der Waals surface area (Å²) in [5.74, 6) is 0.380. The van der Waals surface area contributed by atoms with Gasteiger partial charge in [-0.05, 0) is 48.2 Å². The van der Waals surface area contributed by atoms with E-state index in [0.29, 0.717) is 11.5 Å². The molecule has 1 atom stereocenters. The number of hydrogen-bond donors (Lipinski definition) is 1. The minimum absolute atomic E-state index is 0.166. The van der Waals surface area contributed by atoms with Crippen molar-refractivity contribution >= 4 is 0 Å². The number of rotatable bonds is 5. The summed E-state index contributed by atoms with van der Waals surface area (Å²) in [6.45, 7) is 5.14. The Labute approximate surface area is 120 Å². The fraction of sp³-hybridized carbons (Fsp3) is 0.333. The molecule has 0 heterocycles. The summed E-state index contributed by atoms with van der Waals surface area (Å²) in [6.07, 6.45) is 1.12. The second-order valence-electron chi connectivity index (χ2n) is 5.28. The Morgan fingerprint density at radius 1 is 1.10 bits per heavy atom. The second kappa shape index (κ2) is 6.67. The quantitative estimate of drug-likeness (QED) is 0.829. The summed E-state index contributed by atoms with van der Waals surface area (Å²) in [6, 6.07) is 13.5. The van der Waals surface area contributed by atoms with E-state index in [9.17, 15) is 4.39 Å². The molecule has 0 aliphatic rings. The molecule has 0 amide bonds. The van der Waals surface area contributed by atoms with Gasteiger partial charge in [0, 0.05) is 12.1 Å². The predicted octanol–water partition coefficient (Wildman–Crippen LogP) is 4.73. The average Bonchev–Trinajstić information content (AvgIpc) is 2.49. The van der Waals surface area contributed by atoms with Gasteiger partial charge in [0.2, 0.25) is 0 Å². The fourth-order valence-corrected chi connectivity index (χ4v) is 2.33. The molecule has 0 aromatic heterocycles. The van der Waals surface area contributed by atoms with Gasteiger partial charge in [-0.1, -0.05) is 44.2 Å². The van der Waals surface area contributed by atoms with Crippen molar-refractivity contribution in [2.45, 2.75) is 32.7 Å². The largest absolute Gasteiger partial charge is 0.316 e. The summed E-state index contributed by atoms with van der Waals surface area (Å²) in [5, 5.41) is 3.09. The first-order valence-corrected chi connectivity index (χ1v) is 7.19. The van der Waals surface area contributed by atoms with Crippen LogP contribution in [0.3, 0.4) is 0 Å². The van der Waals surface area contributed by atoms with Gasteiger partial charge in [-0.3, -0.25) is 0 Å². The minimum Gasteiger partial charge on any atom is -0.316 e. The van der Waals surface area contributed by atoms with E-state index in [1.54, 1.807) is 6.07 Å².